The monoisotopic (exact) mass is 243 g/mol. The van der Waals surface area contributed by atoms with E-state index < -0.39 is 0 Å². The highest BCUT2D eigenvalue weighted by molar-refractivity contribution is 5.85. The first kappa shape index (κ1) is 15.9. The van der Waals surface area contributed by atoms with Gasteiger partial charge in [-0.3, -0.25) is 9.59 Å². The van der Waals surface area contributed by atoms with E-state index in [1.165, 1.54) is 0 Å². The van der Waals surface area contributed by atoms with Crippen LogP contribution in [0.5, 0.6) is 0 Å². The first-order valence-corrected chi connectivity index (χ1v) is 6.15. The van der Waals surface area contributed by atoms with E-state index in [4.69, 9.17) is 0 Å². The number of likely N-dealkylation sites (N-methyl/N-ethyl adjacent to an activating group) is 1. The van der Waals surface area contributed by atoms with Crippen LogP contribution >= 0.6 is 0 Å². The second-order valence-corrected chi connectivity index (χ2v) is 4.53. The molecule has 0 aromatic rings. The van der Waals surface area contributed by atoms with Crippen molar-refractivity contribution in [1.82, 2.24) is 15.5 Å². The van der Waals surface area contributed by atoms with Crippen LogP contribution in [-0.4, -0.2) is 49.4 Å². The van der Waals surface area contributed by atoms with Gasteiger partial charge < -0.3 is 15.5 Å². The van der Waals surface area contributed by atoms with Crippen LogP contribution in [0.1, 0.15) is 27.7 Å². The number of hydrogen-bond donors (Lipinski definition) is 2. The molecular formula is C12H25N3O2. The van der Waals surface area contributed by atoms with E-state index in [9.17, 15) is 9.59 Å². The maximum absolute atomic E-state index is 12.0. The van der Waals surface area contributed by atoms with Gasteiger partial charge in [0.15, 0.2) is 0 Å². The number of amides is 2. The van der Waals surface area contributed by atoms with Crippen molar-refractivity contribution < 1.29 is 9.59 Å². The number of hydrogen-bond acceptors (Lipinski definition) is 3. The van der Waals surface area contributed by atoms with Crippen molar-refractivity contribution in [3.63, 3.8) is 0 Å². The van der Waals surface area contributed by atoms with E-state index in [0.717, 1.165) is 0 Å². The van der Waals surface area contributed by atoms with Crippen LogP contribution in [0.4, 0.5) is 0 Å². The van der Waals surface area contributed by atoms with Crippen LogP contribution < -0.4 is 10.6 Å². The van der Waals surface area contributed by atoms with Gasteiger partial charge in [0, 0.05) is 25.0 Å². The van der Waals surface area contributed by atoms with Crippen molar-refractivity contribution in [2.45, 2.75) is 33.7 Å². The molecule has 0 aliphatic carbocycles. The molecule has 0 aliphatic heterocycles. The molecule has 0 aliphatic rings. The van der Waals surface area contributed by atoms with Crippen LogP contribution in [0.25, 0.3) is 0 Å². The zero-order valence-corrected chi connectivity index (χ0v) is 11.5. The van der Waals surface area contributed by atoms with Crippen molar-refractivity contribution >= 4 is 11.8 Å². The van der Waals surface area contributed by atoms with Gasteiger partial charge in [-0.15, -0.1) is 0 Å². The Labute approximate surface area is 104 Å². The van der Waals surface area contributed by atoms with Gasteiger partial charge in [0.2, 0.25) is 11.8 Å². The third-order valence-corrected chi connectivity index (χ3v) is 2.41. The largest absolute Gasteiger partial charge is 0.352 e. The predicted molar refractivity (Wildman–Crippen MR) is 68.6 cm³/mol. The summed E-state index contributed by atoms with van der Waals surface area (Å²) in [6.07, 6.45) is 0. The Bertz CT molecular complexity index is 254. The molecule has 0 saturated heterocycles. The summed E-state index contributed by atoms with van der Waals surface area (Å²) < 4.78 is 0. The quantitative estimate of drug-likeness (QED) is 0.672. The fourth-order valence-corrected chi connectivity index (χ4v) is 1.59. The molecule has 100 valence electrons. The van der Waals surface area contributed by atoms with Gasteiger partial charge in [-0.25, -0.2) is 0 Å². The molecule has 0 fully saturated rings. The molecule has 0 rings (SSSR count). The van der Waals surface area contributed by atoms with Gasteiger partial charge >= 0.3 is 0 Å². The molecule has 0 aromatic heterocycles. The molecule has 17 heavy (non-hydrogen) atoms. The summed E-state index contributed by atoms with van der Waals surface area (Å²) in [5.41, 5.74) is 0. The zero-order chi connectivity index (χ0) is 13.4. The molecule has 5 heteroatoms. The van der Waals surface area contributed by atoms with Gasteiger partial charge in [-0.2, -0.15) is 0 Å². The second kappa shape index (κ2) is 8.06. The lowest BCUT2D eigenvalue weighted by molar-refractivity contribution is -0.138. The SMILES string of the molecule is CCN(CC(=O)NC(C)C)C(=O)C(C)CNC. The van der Waals surface area contributed by atoms with Crippen LogP contribution in [0, 0.1) is 5.92 Å². The van der Waals surface area contributed by atoms with Crippen molar-refractivity contribution in [2.24, 2.45) is 5.92 Å². The topological polar surface area (TPSA) is 61.4 Å². The van der Waals surface area contributed by atoms with E-state index in [1.807, 2.05) is 34.7 Å². The van der Waals surface area contributed by atoms with Crippen LogP contribution in [0.3, 0.4) is 0 Å². The molecule has 0 aromatic carbocycles. The molecule has 1 unspecified atom stereocenters. The Morgan fingerprint density at radius 2 is 1.82 bits per heavy atom. The van der Waals surface area contributed by atoms with E-state index in [1.54, 1.807) is 4.90 Å². The summed E-state index contributed by atoms with van der Waals surface area (Å²) in [4.78, 5) is 25.2. The lowest BCUT2D eigenvalue weighted by Gasteiger charge is -2.24. The second-order valence-electron chi connectivity index (χ2n) is 4.53. The Kier molecular flexibility index (Phi) is 7.54. The fourth-order valence-electron chi connectivity index (χ4n) is 1.59. The average molecular weight is 243 g/mol. The number of rotatable bonds is 7. The zero-order valence-electron chi connectivity index (χ0n) is 11.5. The molecule has 5 nitrogen and oxygen atoms in total. The van der Waals surface area contributed by atoms with Crippen LogP contribution in [-0.2, 0) is 9.59 Å². The van der Waals surface area contributed by atoms with Gasteiger partial charge in [0.05, 0.1) is 6.54 Å². The van der Waals surface area contributed by atoms with Crippen LogP contribution in [0.15, 0.2) is 0 Å². The maximum atomic E-state index is 12.0. The van der Waals surface area contributed by atoms with Crippen molar-refractivity contribution in [3.05, 3.63) is 0 Å². The average Bonchev–Trinajstić information content (AvgIpc) is 2.24. The summed E-state index contributed by atoms with van der Waals surface area (Å²) in [7, 11) is 1.81. The first-order chi connectivity index (χ1) is 7.92. The summed E-state index contributed by atoms with van der Waals surface area (Å²) in [6.45, 7) is 8.87. The molecule has 0 bridgehead atoms. The third-order valence-electron chi connectivity index (χ3n) is 2.41. The van der Waals surface area contributed by atoms with Gasteiger partial charge in [0.25, 0.3) is 0 Å². The normalized spacial score (nSPS) is 12.4. The first-order valence-electron chi connectivity index (χ1n) is 6.15. The van der Waals surface area contributed by atoms with Gasteiger partial charge in [-0.05, 0) is 27.8 Å². The highest BCUT2D eigenvalue weighted by atomic mass is 16.2. The van der Waals surface area contributed by atoms with E-state index in [2.05, 4.69) is 10.6 Å². The van der Waals surface area contributed by atoms with Gasteiger partial charge in [0.1, 0.15) is 0 Å². The molecule has 0 heterocycles. The van der Waals surface area contributed by atoms with E-state index in [0.29, 0.717) is 13.1 Å². The van der Waals surface area contributed by atoms with Crippen molar-refractivity contribution in [2.75, 3.05) is 26.7 Å². The Morgan fingerprint density at radius 1 is 1.24 bits per heavy atom. The maximum Gasteiger partial charge on any atom is 0.239 e. The molecule has 0 saturated carbocycles. The Morgan fingerprint density at radius 3 is 2.24 bits per heavy atom. The number of nitrogens with one attached hydrogen (secondary N) is 2. The molecular weight excluding hydrogens is 218 g/mol. The molecule has 0 radical (unpaired) electrons. The minimum atomic E-state index is -0.105. The predicted octanol–water partition coefficient (Wildman–Crippen LogP) is 0.215. The summed E-state index contributed by atoms with van der Waals surface area (Å²) in [6, 6.07) is 0.103. The Balaban J connectivity index is 4.32. The summed E-state index contributed by atoms with van der Waals surface area (Å²) in [5, 5.41) is 5.75. The standard InChI is InChI=1S/C12H25N3O2/c1-6-15(8-11(16)14-9(2)3)12(17)10(4)7-13-5/h9-10,13H,6-8H2,1-5H3,(H,14,16). The van der Waals surface area contributed by atoms with Crippen LogP contribution in [0.2, 0.25) is 0 Å². The van der Waals surface area contributed by atoms with Crippen molar-refractivity contribution in [1.29, 1.82) is 0 Å². The smallest absolute Gasteiger partial charge is 0.239 e. The third kappa shape index (κ3) is 6.26. The number of nitrogens with zero attached hydrogens (tertiary/aromatic N) is 1. The molecule has 1 atom stereocenters. The Hall–Kier alpha value is -1.10. The van der Waals surface area contributed by atoms with Crippen molar-refractivity contribution in [3.8, 4) is 0 Å². The highest BCUT2D eigenvalue weighted by Gasteiger charge is 2.20. The lowest BCUT2D eigenvalue weighted by atomic mass is 10.1. The molecule has 2 amide bonds. The summed E-state index contributed by atoms with van der Waals surface area (Å²) >= 11 is 0. The highest BCUT2D eigenvalue weighted by Crippen LogP contribution is 2.01. The van der Waals surface area contributed by atoms with Gasteiger partial charge in [-0.1, -0.05) is 6.92 Å². The molecule has 2 N–H and O–H groups in total. The van der Waals surface area contributed by atoms with E-state index in [-0.39, 0.29) is 30.3 Å². The number of carbonyl (C=O) groups excluding carboxylic acids is 2. The van der Waals surface area contributed by atoms with E-state index >= 15 is 0 Å². The minimum Gasteiger partial charge on any atom is -0.352 e. The number of carbonyl (C=O) groups is 2. The molecule has 0 spiro atoms. The summed E-state index contributed by atoms with van der Waals surface area (Å²) in [5.74, 6) is -0.195. The fraction of sp³-hybridized carbons (Fsp3) is 0.833. The lowest BCUT2D eigenvalue weighted by Crippen LogP contribution is -2.45. The minimum absolute atomic E-state index is 0.0146.